The first-order valence-electron chi connectivity index (χ1n) is 6.18. The second-order valence-electron chi connectivity index (χ2n) is 4.51. The number of pyridine rings is 2. The number of rotatable bonds is 1. The van der Waals surface area contributed by atoms with Gasteiger partial charge in [-0.25, -0.2) is 0 Å². The van der Waals surface area contributed by atoms with E-state index in [1.54, 1.807) is 0 Å². The van der Waals surface area contributed by atoms with Gasteiger partial charge in [0.25, 0.3) is 0 Å². The minimum absolute atomic E-state index is 1.02. The Balaban J connectivity index is 1.99. The first-order chi connectivity index (χ1) is 9.42. The Kier molecular flexibility index (Phi) is 2.12. The minimum Gasteiger partial charge on any atom is -0.315 e. The van der Waals surface area contributed by atoms with E-state index in [1.807, 2.05) is 42.9 Å². The third-order valence-electron chi connectivity index (χ3n) is 3.34. The molecule has 3 aromatic heterocycles. The molecule has 0 saturated heterocycles. The number of nitrogens with zero attached hydrogens (tertiary/aromatic N) is 3. The van der Waals surface area contributed by atoms with Crippen molar-refractivity contribution >= 4 is 21.8 Å². The monoisotopic (exact) mass is 245 g/mol. The van der Waals surface area contributed by atoms with Gasteiger partial charge >= 0.3 is 0 Å². The van der Waals surface area contributed by atoms with E-state index in [4.69, 9.17) is 0 Å². The molecule has 0 atom stereocenters. The van der Waals surface area contributed by atoms with Crippen LogP contribution in [0.3, 0.4) is 0 Å². The number of benzene rings is 1. The van der Waals surface area contributed by atoms with Crippen molar-refractivity contribution in [1.29, 1.82) is 0 Å². The van der Waals surface area contributed by atoms with Crippen LogP contribution in [0.5, 0.6) is 0 Å². The molecule has 0 unspecified atom stereocenters. The van der Waals surface area contributed by atoms with E-state index in [-0.39, 0.29) is 0 Å². The van der Waals surface area contributed by atoms with Crippen LogP contribution in [0.25, 0.3) is 27.5 Å². The van der Waals surface area contributed by atoms with Gasteiger partial charge in [-0.3, -0.25) is 9.97 Å². The van der Waals surface area contributed by atoms with Crippen molar-refractivity contribution < 1.29 is 0 Å². The quantitative estimate of drug-likeness (QED) is 0.513. The first kappa shape index (κ1) is 10.3. The molecule has 0 bridgehead atoms. The van der Waals surface area contributed by atoms with Crippen LogP contribution >= 0.6 is 0 Å². The van der Waals surface area contributed by atoms with Crippen molar-refractivity contribution in [2.45, 2.75) is 0 Å². The summed E-state index contributed by atoms with van der Waals surface area (Å²) < 4.78 is 2.14. The summed E-state index contributed by atoms with van der Waals surface area (Å²) in [5, 5.41) is 2.28. The Bertz CT molecular complexity index is 877. The SMILES string of the molecule is c1ccc2ncc(-n3ccc4cnccc43)cc2c1. The van der Waals surface area contributed by atoms with E-state index >= 15 is 0 Å². The van der Waals surface area contributed by atoms with Crippen LogP contribution < -0.4 is 0 Å². The summed E-state index contributed by atoms with van der Waals surface area (Å²) in [7, 11) is 0. The standard InChI is InChI=1S/C16H11N3/c1-2-4-15-12(3-1)9-14(11-18-15)19-8-6-13-10-17-7-5-16(13)19/h1-11H. The molecule has 1 aromatic carbocycles. The zero-order valence-corrected chi connectivity index (χ0v) is 10.2. The van der Waals surface area contributed by atoms with Crippen molar-refractivity contribution in [3.05, 3.63) is 67.3 Å². The molecule has 0 N–H and O–H groups in total. The minimum atomic E-state index is 1.02. The second kappa shape index (κ2) is 3.92. The predicted octanol–water partition coefficient (Wildman–Crippen LogP) is 3.57. The van der Waals surface area contributed by atoms with Crippen LogP contribution in [0, 0.1) is 0 Å². The average Bonchev–Trinajstić information content (AvgIpc) is 2.91. The van der Waals surface area contributed by atoms with Crippen molar-refractivity contribution in [2.75, 3.05) is 0 Å². The van der Waals surface area contributed by atoms with Crippen molar-refractivity contribution in [3.63, 3.8) is 0 Å². The lowest BCUT2D eigenvalue weighted by atomic mass is 10.2. The van der Waals surface area contributed by atoms with Crippen LogP contribution in [0.2, 0.25) is 0 Å². The molecule has 4 rings (SSSR count). The van der Waals surface area contributed by atoms with Gasteiger partial charge in [0.2, 0.25) is 0 Å². The van der Waals surface area contributed by atoms with Crippen LogP contribution in [-0.4, -0.2) is 14.5 Å². The summed E-state index contributed by atoms with van der Waals surface area (Å²) in [4.78, 5) is 8.65. The van der Waals surface area contributed by atoms with Gasteiger partial charge in [0.15, 0.2) is 0 Å². The fourth-order valence-electron chi connectivity index (χ4n) is 2.40. The maximum absolute atomic E-state index is 4.51. The molecule has 0 spiro atoms. The van der Waals surface area contributed by atoms with E-state index in [0.29, 0.717) is 0 Å². The normalized spacial score (nSPS) is 11.2. The fourth-order valence-corrected chi connectivity index (χ4v) is 2.40. The lowest BCUT2D eigenvalue weighted by Gasteiger charge is -2.06. The van der Waals surface area contributed by atoms with Gasteiger partial charge in [0.05, 0.1) is 22.9 Å². The van der Waals surface area contributed by atoms with Crippen LogP contribution in [0.1, 0.15) is 0 Å². The molecular formula is C16H11N3. The van der Waals surface area contributed by atoms with E-state index in [9.17, 15) is 0 Å². The molecule has 0 aliphatic carbocycles. The summed E-state index contributed by atoms with van der Waals surface area (Å²) in [5.41, 5.74) is 3.23. The van der Waals surface area contributed by atoms with Gasteiger partial charge in [0, 0.05) is 29.4 Å². The second-order valence-corrected chi connectivity index (χ2v) is 4.51. The van der Waals surface area contributed by atoms with E-state index in [1.165, 1.54) is 0 Å². The number of hydrogen-bond acceptors (Lipinski definition) is 2. The van der Waals surface area contributed by atoms with Gasteiger partial charge in [0.1, 0.15) is 0 Å². The Morgan fingerprint density at radius 2 is 1.84 bits per heavy atom. The molecule has 90 valence electrons. The average molecular weight is 245 g/mol. The van der Waals surface area contributed by atoms with Gasteiger partial charge in [-0.1, -0.05) is 18.2 Å². The third kappa shape index (κ3) is 1.59. The molecule has 0 aliphatic heterocycles. The molecule has 19 heavy (non-hydrogen) atoms. The van der Waals surface area contributed by atoms with Crippen molar-refractivity contribution in [1.82, 2.24) is 14.5 Å². The molecule has 3 heteroatoms. The van der Waals surface area contributed by atoms with E-state index in [0.717, 1.165) is 27.5 Å². The highest BCUT2D eigenvalue weighted by Gasteiger charge is 2.04. The smallest absolute Gasteiger partial charge is 0.0703 e. The molecule has 0 aliphatic rings. The van der Waals surface area contributed by atoms with Gasteiger partial charge in [-0.15, -0.1) is 0 Å². The number of aromatic nitrogens is 3. The number of hydrogen-bond donors (Lipinski definition) is 0. The topological polar surface area (TPSA) is 30.7 Å². The fraction of sp³-hybridized carbons (Fsp3) is 0. The molecule has 4 aromatic rings. The highest BCUT2D eigenvalue weighted by Crippen LogP contribution is 2.21. The molecule has 3 heterocycles. The van der Waals surface area contributed by atoms with E-state index < -0.39 is 0 Å². The summed E-state index contributed by atoms with van der Waals surface area (Å²) in [6.45, 7) is 0. The van der Waals surface area contributed by atoms with Crippen LogP contribution in [0.15, 0.2) is 67.3 Å². The predicted molar refractivity (Wildman–Crippen MR) is 76.4 cm³/mol. The van der Waals surface area contributed by atoms with Crippen molar-refractivity contribution in [2.24, 2.45) is 0 Å². The Morgan fingerprint density at radius 3 is 2.84 bits per heavy atom. The zero-order valence-electron chi connectivity index (χ0n) is 10.2. The highest BCUT2D eigenvalue weighted by molar-refractivity contribution is 5.83. The van der Waals surface area contributed by atoms with Crippen LogP contribution in [-0.2, 0) is 0 Å². The Labute approximate surface area is 110 Å². The first-order valence-corrected chi connectivity index (χ1v) is 6.18. The highest BCUT2D eigenvalue weighted by atomic mass is 15.0. The summed E-state index contributed by atoms with van der Waals surface area (Å²) in [6.07, 6.45) is 7.65. The lowest BCUT2D eigenvalue weighted by Crippen LogP contribution is -1.93. The Morgan fingerprint density at radius 1 is 0.895 bits per heavy atom. The van der Waals surface area contributed by atoms with E-state index in [2.05, 4.69) is 38.9 Å². The molecular weight excluding hydrogens is 234 g/mol. The number of para-hydroxylation sites is 1. The van der Waals surface area contributed by atoms with Crippen LogP contribution in [0.4, 0.5) is 0 Å². The van der Waals surface area contributed by atoms with Gasteiger partial charge in [-0.2, -0.15) is 0 Å². The molecule has 0 fully saturated rings. The molecule has 0 amide bonds. The maximum Gasteiger partial charge on any atom is 0.0703 e. The molecule has 0 radical (unpaired) electrons. The summed E-state index contributed by atoms with van der Waals surface area (Å²) in [5.74, 6) is 0. The third-order valence-corrected chi connectivity index (χ3v) is 3.34. The van der Waals surface area contributed by atoms with Gasteiger partial charge < -0.3 is 4.57 Å². The van der Waals surface area contributed by atoms with Gasteiger partial charge in [-0.05, 0) is 24.3 Å². The lowest BCUT2D eigenvalue weighted by molar-refractivity contribution is 1.11. The largest absolute Gasteiger partial charge is 0.315 e. The Hall–Kier alpha value is -2.68. The molecule has 3 nitrogen and oxygen atoms in total. The van der Waals surface area contributed by atoms with Crippen molar-refractivity contribution in [3.8, 4) is 5.69 Å². The summed E-state index contributed by atoms with van der Waals surface area (Å²) in [6, 6.07) is 14.4. The molecule has 0 saturated carbocycles. The maximum atomic E-state index is 4.51. The summed E-state index contributed by atoms with van der Waals surface area (Å²) >= 11 is 0. The zero-order chi connectivity index (χ0) is 12.7. The number of fused-ring (bicyclic) bond motifs is 2.